The number of rotatable bonds is 4. The molecule has 0 aromatic carbocycles. The van der Waals surface area contributed by atoms with Crippen LogP contribution in [-0.2, 0) is 4.74 Å². The van der Waals surface area contributed by atoms with E-state index >= 15 is 0 Å². The molecule has 2 aliphatic rings. The summed E-state index contributed by atoms with van der Waals surface area (Å²) in [5.41, 5.74) is 0.603. The molecule has 28 heavy (non-hydrogen) atoms. The minimum Gasteiger partial charge on any atom is -0.378 e. The summed E-state index contributed by atoms with van der Waals surface area (Å²) in [6.45, 7) is 4.78. The maximum atomic E-state index is 9.38. The lowest BCUT2D eigenvalue weighted by Gasteiger charge is -2.34. The van der Waals surface area contributed by atoms with E-state index in [9.17, 15) is 5.26 Å². The zero-order chi connectivity index (χ0) is 19.3. The molecule has 0 unspecified atom stereocenters. The first-order valence-electron chi connectivity index (χ1n) is 9.46. The summed E-state index contributed by atoms with van der Waals surface area (Å²) >= 11 is 3.38. The van der Waals surface area contributed by atoms with E-state index in [0.717, 1.165) is 61.1 Å². The number of ether oxygens (including phenoxy) is 1. The van der Waals surface area contributed by atoms with Crippen molar-refractivity contribution in [2.24, 2.45) is 0 Å². The summed E-state index contributed by atoms with van der Waals surface area (Å²) in [5, 5.41) is 12.9. The summed E-state index contributed by atoms with van der Waals surface area (Å²) in [5.74, 6) is 2.37. The Morgan fingerprint density at radius 2 is 1.93 bits per heavy atom. The van der Waals surface area contributed by atoms with Crippen molar-refractivity contribution in [2.75, 3.05) is 54.5 Å². The molecule has 0 amide bonds. The minimum atomic E-state index is 0.338. The van der Waals surface area contributed by atoms with Crippen LogP contribution in [0.3, 0.4) is 0 Å². The van der Waals surface area contributed by atoms with Crippen molar-refractivity contribution in [1.82, 2.24) is 15.0 Å². The third-order valence-electron chi connectivity index (χ3n) is 5.04. The van der Waals surface area contributed by atoms with E-state index < -0.39 is 0 Å². The van der Waals surface area contributed by atoms with Crippen LogP contribution in [0.2, 0.25) is 0 Å². The number of hydrogen-bond acceptors (Lipinski definition) is 8. The van der Waals surface area contributed by atoms with Gasteiger partial charge in [-0.1, -0.05) is 0 Å². The molecule has 0 spiro atoms. The van der Waals surface area contributed by atoms with Gasteiger partial charge in [-0.05, 0) is 40.9 Å². The highest BCUT2D eigenvalue weighted by Crippen LogP contribution is 2.25. The number of nitrogens with one attached hydrogen (secondary N) is 1. The first-order chi connectivity index (χ1) is 13.7. The number of halogens is 1. The Morgan fingerprint density at radius 3 is 2.68 bits per heavy atom. The molecule has 2 aromatic heterocycles. The summed E-state index contributed by atoms with van der Waals surface area (Å²) in [6, 6.07) is 6.32. The molecule has 2 fully saturated rings. The fraction of sp³-hybridized carbons (Fsp3) is 0.474. The predicted molar refractivity (Wildman–Crippen MR) is 111 cm³/mol. The summed E-state index contributed by atoms with van der Waals surface area (Å²) in [6.07, 6.45) is 5.47. The van der Waals surface area contributed by atoms with E-state index in [4.69, 9.17) is 4.74 Å². The Kier molecular flexibility index (Phi) is 5.88. The van der Waals surface area contributed by atoms with Crippen LogP contribution in [0.1, 0.15) is 18.4 Å². The Bertz CT molecular complexity index is 858. The molecule has 2 aromatic rings. The Balaban J connectivity index is 1.37. The van der Waals surface area contributed by atoms with Crippen LogP contribution in [0.5, 0.6) is 0 Å². The van der Waals surface area contributed by atoms with Gasteiger partial charge in [0.2, 0.25) is 5.95 Å². The quantitative estimate of drug-likeness (QED) is 0.769. The highest BCUT2D eigenvalue weighted by Gasteiger charge is 2.23. The highest BCUT2D eigenvalue weighted by molar-refractivity contribution is 9.10. The molecule has 2 saturated heterocycles. The van der Waals surface area contributed by atoms with Gasteiger partial charge < -0.3 is 19.9 Å². The molecule has 2 aliphatic heterocycles. The SMILES string of the molecule is N#Cc1cc(Br)cnc1N1CCC(Nc2ccnc(N3CCOCC3)n2)CC1. The topological polar surface area (TPSA) is 90.2 Å². The van der Waals surface area contributed by atoms with Crippen LogP contribution in [0.15, 0.2) is 29.0 Å². The van der Waals surface area contributed by atoms with E-state index in [2.05, 4.69) is 52.1 Å². The van der Waals surface area contributed by atoms with Crippen molar-refractivity contribution in [3.8, 4) is 6.07 Å². The summed E-state index contributed by atoms with van der Waals surface area (Å²) < 4.78 is 6.22. The van der Waals surface area contributed by atoms with Gasteiger partial charge in [0.15, 0.2) is 0 Å². The molecular formula is C19H22BrN7O. The zero-order valence-electron chi connectivity index (χ0n) is 15.5. The molecule has 146 valence electrons. The smallest absolute Gasteiger partial charge is 0.227 e. The van der Waals surface area contributed by atoms with E-state index in [1.165, 1.54) is 0 Å². The average Bonchev–Trinajstić information content (AvgIpc) is 2.75. The monoisotopic (exact) mass is 443 g/mol. The second-order valence-electron chi connectivity index (χ2n) is 6.88. The van der Waals surface area contributed by atoms with E-state index in [-0.39, 0.29) is 0 Å². The van der Waals surface area contributed by atoms with Crippen molar-refractivity contribution in [1.29, 1.82) is 5.26 Å². The van der Waals surface area contributed by atoms with Crippen molar-refractivity contribution in [2.45, 2.75) is 18.9 Å². The zero-order valence-corrected chi connectivity index (χ0v) is 17.1. The van der Waals surface area contributed by atoms with Crippen LogP contribution in [0, 0.1) is 11.3 Å². The number of pyridine rings is 1. The van der Waals surface area contributed by atoms with Gasteiger partial charge in [-0.15, -0.1) is 0 Å². The maximum absolute atomic E-state index is 9.38. The second kappa shape index (κ2) is 8.71. The number of piperidine rings is 1. The predicted octanol–water partition coefficient (Wildman–Crippen LogP) is 2.42. The summed E-state index contributed by atoms with van der Waals surface area (Å²) in [7, 11) is 0. The Morgan fingerprint density at radius 1 is 1.14 bits per heavy atom. The molecule has 8 nitrogen and oxygen atoms in total. The van der Waals surface area contributed by atoms with Gasteiger partial charge in [0, 0.05) is 49.1 Å². The van der Waals surface area contributed by atoms with Crippen molar-refractivity contribution < 1.29 is 4.74 Å². The summed E-state index contributed by atoms with van der Waals surface area (Å²) in [4.78, 5) is 17.9. The van der Waals surface area contributed by atoms with E-state index in [0.29, 0.717) is 24.8 Å². The normalized spacial score (nSPS) is 18.0. The molecule has 0 bridgehead atoms. The number of aromatic nitrogens is 3. The van der Waals surface area contributed by atoms with Crippen LogP contribution in [-0.4, -0.2) is 60.4 Å². The van der Waals surface area contributed by atoms with Gasteiger partial charge >= 0.3 is 0 Å². The minimum absolute atomic E-state index is 0.338. The number of anilines is 3. The average molecular weight is 444 g/mol. The molecule has 0 saturated carbocycles. The van der Waals surface area contributed by atoms with Crippen LogP contribution in [0.25, 0.3) is 0 Å². The van der Waals surface area contributed by atoms with Crippen molar-refractivity contribution >= 4 is 33.5 Å². The lowest BCUT2D eigenvalue weighted by molar-refractivity contribution is 0.122. The van der Waals surface area contributed by atoms with Gasteiger partial charge in [0.1, 0.15) is 17.7 Å². The molecule has 4 heterocycles. The van der Waals surface area contributed by atoms with E-state index in [1.54, 1.807) is 12.4 Å². The third-order valence-corrected chi connectivity index (χ3v) is 5.47. The molecule has 4 rings (SSSR count). The highest BCUT2D eigenvalue weighted by atomic mass is 79.9. The molecule has 0 aliphatic carbocycles. The van der Waals surface area contributed by atoms with Crippen LogP contribution < -0.4 is 15.1 Å². The molecular weight excluding hydrogens is 422 g/mol. The van der Waals surface area contributed by atoms with Crippen molar-refractivity contribution in [3.05, 3.63) is 34.6 Å². The number of morpholine rings is 1. The van der Waals surface area contributed by atoms with E-state index in [1.807, 2.05) is 12.1 Å². The van der Waals surface area contributed by atoms with Gasteiger partial charge in [-0.3, -0.25) is 0 Å². The molecule has 1 N–H and O–H groups in total. The number of nitrogens with zero attached hydrogens (tertiary/aromatic N) is 6. The standard InChI is InChI=1S/C19H22BrN7O/c20-15-11-14(12-21)18(23-13-15)26-5-2-16(3-6-26)24-17-1-4-22-19(25-17)27-7-9-28-10-8-27/h1,4,11,13,16H,2-3,5-10H2,(H,22,24,25). The van der Waals surface area contributed by atoms with Gasteiger partial charge in [-0.2, -0.15) is 10.2 Å². The van der Waals surface area contributed by atoms with Crippen LogP contribution >= 0.6 is 15.9 Å². The number of hydrogen-bond donors (Lipinski definition) is 1. The van der Waals surface area contributed by atoms with Gasteiger partial charge in [0.25, 0.3) is 0 Å². The Labute approximate surface area is 172 Å². The third kappa shape index (κ3) is 4.34. The molecule has 9 heteroatoms. The van der Waals surface area contributed by atoms with Gasteiger partial charge in [-0.25, -0.2) is 9.97 Å². The largest absolute Gasteiger partial charge is 0.378 e. The molecule has 0 radical (unpaired) electrons. The fourth-order valence-electron chi connectivity index (χ4n) is 3.56. The second-order valence-corrected chi connectivity index (χ2v) is 7.80. The maximum Gasteiger partial charge on any atom is 0.227 e. The first-order valence-corrected chi connectivity index (χ1v) is 10.2. The van der Waals surface area contributed by atoms with Gasteiger partial charge in [0.05, 0.1) is 18.8 Å². The lowest BCUT2D eigenvalue weighted by atomic mass is 10.0. The lowest BCUT2D eigenvalue weighted by Crippen LogP contribution is -2.40. The first kappa shape index (κ1) is 18.9. The van der Waals surface area contributed by atoms with Crippen LogP contribution in [0.4, 0.5) is 17.6 Å². The number of nitriles is 1. The fourth-order valence-corrected chi connectivity index (χ4v) is 3.89. The molecule has 0 atom stereocenters. The van der Waals surface area contributed by atoms with Crippen molar-refractivity contribution in [3.63, 3.8) is 0 Å². The Hall–Kier alpha value is -2.44.